The monoisotopic (exact) mass is 410 g/mol. The molecule has 1 aliphatic carbocycles. The summed E-state index contributed by atoms with van der Waals surface area (Å²) in [5, 5.41) is 0. The lowest BCUT2D eigenvalue weighted by Gasteiger charge is -2.28. The Morgan fingerprint density at radius 3 is 2.67 bits per heavy atom. The van der Waals surface area contributed by atoms with E-state index in [1.165, 1.54) is 12.1 Å². The van der Waals surface area contributed by atoms with Gasteiger partial charge in [-0.25, -0.2) is 4.39 Å². The molecular weight excluding hydrogens is 394 g/mol. The number of hydrogen-bond donors (Lipinski definition) is 0. The fraction of sp³-hybridized carbons (Fsp3) is 0.350. The molecule has 1 saturated carbocycles. The summed E-state index contributed by atoms with van der Waals surface area (Å²) >= 11 is 12.0. The normalized spacial score (nSPS) is 25.3. The Morgan fingerprint density at radius 2 is 2.00 bits per heavy atom. The maximum atomic E-state index is 14.0. The number of ether oxygens (including phenoxy) is 3. The van der Waals surface area contributed by atoms with Gasteiger partial charge in [0, 0.05) is 23.1 Å². The molecule has 2 aromatic rings. The van der Waals surface area contributed by atoms with E-state index in [9.17, 15) is 9.18 Å². The summed E-state index contributed by atoms with van der Waals surface area (Å²) in [6, 6.07) is 12.1. The average molecular weight is 411 g/mol. The molecular formula is C20H17Cl2FO4. The highest BCUT2D eigenvalue weighted by Crippen LogP contribution is 2.64. The zero-order chi connectivity index (χ0) is 19.2. The molecule has 4 rings (SSSR count). The molecule has 0 saturated heterocycles. The molecule has 0 amide bonds. The molecule has 7 heteroatoms. The largest absolute Gasteiger partial charge is 0.460 e. The van der Waals surface area contributed by atoms with E-state index in [0.29, 0.717) is 23.3 Å². The summed E-state index contributed by atoms with van der Waals surface area (Å²) < 4.78 is 29.8. The van der Waals surface area contributed by atoms with E-state index in [1.807, 2.05) is 30.3 Å². The van der Waals surface area contributed by atoms with E-state index < -0.39 is 27.8 Å². The standard InChI is InChI=1S/C20H17Cl2FO4/c1-19(11-20(19,21)22)18(24)26-10-14-8-15(23)7-13-9-25-17(27-16(13)14)12-5-3-2-4-6-12/h2-8,17H,9-11H2,1H3/t17-,19+/m1/s1. The van der Waals surface area contributed by atoms with Crippen LogP contribution in [-0.4, -0.2) is 10.3 Å². The number of benzene rings is 2. The zero-order valence-corrected chi connectivity index (χ0v) is 16.0. The highest BCUT2D eigenvalue weighted by Gasteiger charge is 2.69. The second kappa shape index (κ2) is 6.66. The minimum atomic E-state index is -1.12. The third kappa shape index (κ3) is 3.40. The number of hydrogen-bond acceptors (Lipinski definition) is 4. The third-order valence-corrected chi connectivity index (χ3v) is 6.06. The lowest BCUT2D eigenvalue weighted by Crippen LogP contribution is -2.22. The Kier molecular flexibility index (Phi) is 4.57. The Labute approximate surface area is 166 Å². The molecule has 0 aromatic heterocycles. The van der Waals surface area contributed by atoms with E-state index in [4.69, 9.17) is 37.4 Å². The lowest BCUT2D eigenvalue weighted by molar-refractivity contribution is -0.151. The second-order valence-electron chi connectivity index (χ2n) is 7.01. The maximum absolute atomic E-state index is 14.0. The van der Waals surface area contributed by atoms with Gasteiger partial charge in [-0.05, 0) is 19.1 Å². The predicted octanol–water partition coefficient (Wildman–Crippen LogP) is 5.06. The molecule has 1 fully saturated rings. The number of alkyl halides is 2. The van der Waals surface area contributed by atoms with Gasteiger partial charge in [0.25, 0.3) is 0 Å². The van der Waals surface area contributed by atoms with Crippen LogP contribution in [0, 0.1) is 11.2 Å². The molecule has 0 bridgehead atoms. The first-order chi connectivity index (χ1) is 12.8. The molecule has 27 heavy (non-hydrogen) atoms. The van der Waals surface area contributed by atoms with E-state index in [-0.39, 0.29) is 13.2 Å². The van der Waals surface area contributed by atoms with Crippen LogP contribution in [0.2, 0.25) is 0 Å². The zero-order valence-electron chi connectivity index (χ0n) is 14.5. The second-order valence-corrected chi connectivity index (χ2v) is 8.50. The van der Waals surface area contributed by atoms with Gasteiger partial charge in [-0.3, -0.25) is 4.79 Å². The highest BCUT2D eigenvalue weighted by molar-refractivity contribution is 6.53. The number of fused-ring (bicyclic) bond motifs is 1. The van der Waals surface area contributed by atoms with Crippen LogP contribution in [-0.2, 0) is 27.5 Å². The van der Waals surface area contributed by atoms with E-state index in [1.54, 1.807) is 6.92 Å². The summed E-state index contributed by atoms with van der Waals surface area (Å²) in [5.41, 5.74) is 0.895. The van der Waals surface area contributed by atoms with Crippen LogP contribution >= 0.6 is 23.2 Å². The van der Waals surface area contributed by atoms with Crippen LogP contribution in [0.4, 0.5) is 4.39 Å². The van der Waals surface area contributed by atoms with Gasteiger partial charge in [0.05, 0.1) is 6.61 Å². The summed E-state index contributed by atoms with van der Waals surface area (Å²) in [7, 11) is 0. The van der Waals surface area contributed by atoms with Gasteiger partial charge >= 0.3 is 5.97 Å². The number of carbonyl (C=O) groups excluding carboxylic acids is 1. The molecule has 0 unspecified atom stereocenters. The van der Waals surface area contributed by atoms with Crippen LogP contribution in [0.25, 0.3) is 0 Å². The number of esters is 1. The van der Waals surface area contributed by atoms with Crippen molar-refractivity contribution >= 4 is 29.2 Å². The molecule has 0 radical (unpaired) electrons. The maximum Gasteiger partial charge on any atom is 0.315 e. The Balaban J connectivity index is 1.54. The molecule has 2 aliphatic rings. The summed E-state index contributed by atoms with van der Waals surface area (Å²) in [5.74, 6) is -0.503. The van der Waals surface area contributed by atoms with Gasteiger partial charge in [-0.2, -0.15) is 0 Å². The predicted molar refractivity (Wildman–Crippen MR) is 98.0 cm³/mol. The quantitative estimate of drug-likeness (QED) is 0.521. The van der Waals surface area contributed by atoms with Gasteiger partial charge in [0.1, 0.15) is 27.9 Å². The average Bonchev–Trinajstić information content (AvgIpc) is 3.18. The molecule has 1 aliphatic heterocycles. The van der Waals surface area contributed by atoms with Crippen molar-refractivity contribution in [3.63, 3.8) is 0 Å². The molecule has 1 heterocycles. The van der Waals surface area contributed by atoms with Crippen molar-refractivity contribution in [3.05, 3.63) is 65.0 Å². The summed E-state index contributed by atoms with van der Waals surface area (Å²) in [4.78, 5) is 12.3. The van der Waals surface area contributed by atoms with Crippen LogP contribution < -0.4 is 4.74 Å². The van der Waals surface area contributed by atoms with Crippen LogP contribution in [0.1, 0.15) is 36.3 Å². The van der Waals surface area contributed by atoms with E-state index in [2.05, 4.69) is 0 Å². The fourth-order valence-corrected chi connectivity index (χ4v) is 3.77. The van der Waals surface area contributed by atoms with Crippen molar-refractivity contribution in [2.45, 2.75) is 37.2 Å². The van der Waals surface area contributed by atoms with Crippen molar-refractivity contribution in [1.82, 2.24) is 0 Å². The van der Waals surface area contributed by atoms with Gasteiger partial charge in [-0.1, -0.05) is 30.3 Å². The third-order valence-electron chi connectivity index (χ3n) is 4.96. The summed E-state index contributed by atoms with van der Waals surface area (Å²) in [6.07, 6.45) is -0.290. The SMILES string of the molecule is C[C@@]1(C(=O)OCc2cc(F)cc3c2O[C@H](c2ccccc2)OC3)CC1(Cl)Cl. The minimum absolute atomic E-state index is 0.139. The number of halogens is 3. The van der Waals surface area contributed by atoms with E-state index >= 15 is 0 Å². The smallest absolute Gasteiger partial charge is 0.315 e. The topological polar surface area (TPSA) is 44.8 Å². The number of carbonyl (C=O) groups is 1. The van der Waals surface area contributed by atoms with Gasteiger partial charge in [-0.15, -0.1) is 23.2 Å². The first kappa shape index (κ1) is 18.5. The molecule has 4 nitrogen and oxygen atoms in total. The molecule has 142 valence electrons. The van der Waals surface area contributed by atoms with E-state index in [0.717, 1.165) is 5.56 Å². The first-order valence-electron chi connectivity index (χ1n) is 8.50. The Hall–Kier alpha value is -1.82. The number of rotatable bonds is 4. The highest BCUT2D eigenvalue weighted by atomic mass is 35.5. The first-order valence-corrected chi connectivity index (χ1v) is 9.25. The lowest BCUT2D eigenvalue weighted by atomic mass is 10.1. The fourth-order valence-electron chi connectivity index (χ4n) is 3.08. The van der Waals surface area contributed by atoms with Crippen molar-refractivity contribution in [3.8, 4) is 5.75 Å². The van der Waals surface area contributed by atoms with Crippen LogP contribution in [0.3, 0.4) is 0 Å². The van der Waals surface area contributed by atoms with Crippen LogP contribution in [0.5, 0.6) is 5.75 Å². The van der Waals surface area contributed by atoms with Gasteiger partial charge in [0.2, 0.25) is 6.29 Å². The molecule has 2 aromatic carbocycles. The van der Waals surface area contributed by atoms with Gasteiger partial charge in [0.15, 0.2) is 0 Å². The van der Waals surface area contributed by atoms with Crippen molar-refractivity contribution in [2.24, 2.45) is 5.41 Å². The van der Waals surface area contributed by atoms with Crippen LogP contribution in [0.15, 0.2) is 42.5 Å². The molecule has 0 N–H and O–H groups in total. The Bertz CT molecular complexity index is 887. The van der Waals surface area contributed by atoms with Crippen molar-refractivity contribution in [2.75, 3.05) is 0 Å². The van der Waals surface area contributed by atoms with Gasteiger partial charge < -0.3 is 14.2 Å². The molecule has 0 spiro atoms. The van der Waals surface area contributed by atoms with Crippen molar-refractivity contribution < 1.29 is 23.4 Å². The molecule has 2 atom stereocenters. The minimum Gasteiger partial charge on any atom is -0.460 e. The summed E-state index contributed by atoms with van der Waals surface area (Å²) in [6.45, 7) is 1.70. The van der Waals surface area contributed by atoms with Crippen molar-refractivity contribution in [1.29, 1.82) is 0 Å². The Morgan fingerprint density at radius 1 is 1.30 bits per heavy atom.